The van der Waals surface area contributed by atoms with Crippen molar-refractivity contribution in [3.8, 4) is 0 Å². The van der Waals surface area contributed by atoms with Gasteiger partial charge in [-0.3, -0.25) is 0 Å². The number of aromatic nitrogens is 1. The molecule has 4 nitrogen and oxygen atoms in total. The number of nitrogens with zero attached hydrogens (tertiary/aromatic N) is 2. The van der Waals surface area contributed by atoms with Gasteiger partial charge in [0.1, 0.15) is 0 Å². The molecule has 0 fully saturated rings. The molecule has 0 atom stereocenters. The molecule has 0 aliphatic carbocycles. The molecule has 0 radical (unpaired) electrons. The van der Waals surface area contributed by atoms with Crippen LogP contribution in [0.2, 0.25) is 0 Å². The maximum absolute atomic E-state index is 11.2. The van der Waals surface area contributed by atoms with Crippen molar-refractivity contribution in [3.05, 3.63) is 23.4 Å². The number of carboxylic acids is 1. The Morgan fingerprint density at radius 2 is 2.00 bits per heavy atom. The fourth-order valence-corrected chi connectivity index (χ4v) is 2.46. The summed E-state index contributed by atoms with van der Waals surface area (Å²) in [6.45, 7) is 7.05. The number of pyridine rings is 1. The normalized spacial score (nSPS) is 11.9. The molecule has 0 aliphatic heterocycles. The molecule has 1 rings (SSSR count). The average molecular weight is 282 g/mol. The highest BCUT2D eigenvalue weighted by atomic mass is 32.2. The van der Waals surface area contributed by atoms with Crippen LogP contribution in [-0.2, 0) is 5.41 Å². The Balaban J connectivity index is 2.97. The minimum atomic E-state index is -0.901. The monoisotopic (exact) mass is 282 g/mol. The van der Waals surface area contributed by atoms with Crippen molar-refractivity contribution in [2.75, 3.05) is 26.4 Å². The van der Waals surface area contributed by atoms with Gasteiger partial charge in [-0.05, 0) is 26.2 Å². The molecule has 106 valence electrons. The molecule has 1 aromatic heterocycles. The van der Waals surface area contributed by atoms with Crippen LogP contribution in [0, 0.1) is 0 Å². The Kier molecular flexibility index (Phi) is 5.38. The molecule has 5 heteroatoms. The third kappa shape index (κ3) is 5.20. The lowest BCUT2D eigenvalue weighted by Crippen LogP contribution is -2.17. The number of carboxylic acid groups (broad SMARTS) is 1. The first-order valence-corrected chi connectivity index (χ1v) is 7.22. The first-order valence-electron chi connectivity index (χ1n) is 6.23. The van der Waals surface area contributed by atoms with Gasteiger partial charge in [0.05, 0.1) is 10.6 Å². The molecule has 1 N–H and O–H groups in total. The Bertz CT molecular complexity index is 453. The summed E-state index contributed by atoms with van der Waals surface area (Å²) in [5.74, 6) is -0.00510. The predicted octanol–water partition coefficient (Wildman–Crippen LogP) is 2.73. The molecule has 0 bridgehead atoms. The highest BCUT2D eigenvalue weighted by molar-refractivity contribution is 7.99. The topological polar surface area (TPSA) is 53.4 Å². The van der Waals surface area contributed by atoms with Crippen molar-refractivity contribution in [3.63, 3.8) is 0 Å². The van der Waals surface area contributed by atoms with Crippen molar-refractivity contribution < 1.29 is 9.90 Å². The van der Waals surface area contributed by atoms with Crippen LogP contribution in [0.5, 0.6) is 0 Å². The van der Waals surface area contributed by atoms with Crippen molar-refractivity contribution >= 4 is 17.7 Å². The van der Waals surface area contributed by atoms with E-state index in [-0.39, 0.29) is 5.41 Å². The van der Waals surface area contributed by atoms with E-state index in [9.17, 15) is 4.79 Å². The quantitative estimate of drug-likeness (QED) is 0.842. The van der Waals surface area contributed by atoms with Crippen molar-refractivity contribution in [1.29, 1.82) is 0 Å². The Hall–Kier alpha value is -1.07. The first-order chi connectivity index (χ1) is 8.70. The van der Waals surface area contributed by atoms with Crippen LogP contribution in [0.3, 0.4) is 0 Å². The summed E-state index contributed by atoms with van der Waals surface area (Å²) >= 11 is 1.59. The first kappa shape index (κ1) is 16.0. The zero-order valence-electron chi connectivity index (χ0n) is 12.2. The molecule has 19 heavy (non-hydrogen) atoms. The third-order valence-electron chi connectivity index (χ3n) is 2.61. The van der Waals surface area contributed by atoms with Gasteiger partial charge in [0.2, 0.25) is 0 Å². The summed E-state index contributed by atoms with van der Waals surface area (Å²) in [6.07, 6.45) is 0. The second-order valence-electron chi connectivity index (χ2n) is 5.79. The van der Waals surface area contributed by atoms with Gasteiger partial charge in [-0.25, -0.2) is 9.78 Å². The summed E-state index contributed by atoms with van der Waals surface area (Å²) in [4.78, 5) is 17.8. The van der Waals surface area contributed by atoms with Crippen LogP contribution in [0.15, 0.2) is 17.2 Å². The van der Waals surface area contributed by atoms with E-state index in [1.54, 1.807) is 23.9 Å². The third-order valence-corrected chi connectivity index (χ3v) is 3.50. The SMILES string of the molecule is CN(C)CCSc1cc(C(=O)O)cc(C(C)(C)C)n1. The second kappa shape index (κ2) is 6.39. The van der Waals surface area contributed by atoms with Crippen LogP contribution >= 0.6 is 11.8 Å². The maximum atomic E-state index is 11.2. The van der Waals surface area contributed by atoms with E-state index in [4.69, 9.17) is 5.11 Å². The molecule has 1 aromatic rings. The van der Waals surface area contributed by atoms with Gasteiger partial charge in [0.25, 0.3) is 0 Å². The summed E-state index contributed by atoms with van der Waals surface area (Å²) in [5.41, 5.74) is 0.981. The van der Waals surface area contributed by atoms with Crippen LogP contribution in [0.4, 0.5) is 0 Å². The average Bonchev–Trinajstić information content (AvgIpc) is 2.26. The van der Waals surface area contributed by atoms with Crippen LogP contribution in [0.1, 0.15) is 36.8 Å². The number of carbonyl (C=O) groups is 1. The van der Waals surface area contributed by atoms with Crippen molar-refractivity contribution in [2.45, 2.75) is 31.2 Å². The highest BCUT2D eigenvalue weighted by Crippen LogP contribution is 2.25. The molecular weight excluding hydrogens is 260 g/mol. The van der Waals surface area contributed by atoms with E-state index in [1.165, 1.54) is 0 Å². The van der Waals surface area contributed by atoms with Gasteiger partial charge < -0.3 is 10.0 Å². The molecule has 0 saturated heterocycles. The highest BCUT2D eigenvalue weighted by Gasteiger charge is 2.19. The van der Waals surface area contributed by atoms with Gasteiger partial charge in [-0.2, -0.15) is 0 Å². The summed E-state index contributed by atoms with van der Waals surface area (Å²) in [6, 6.07) is 3.32. The Morgan fingerprint density at radius 1 is 1.37 bits per heavy atom. The van der Waals surface area contributed by atoms with Crippen molar-refractivity contribution in [2.24, 2.45) is 0 Å². The molecular formula is C14H22N2O2S. The fraction of sp³-hybridized carbons (Fsp3) is 0.571. The lowest BCUT2D eigenvalue weighted by atomic mass is 9.91. The standard InChI is InChI=1S/C14H22N2O2S/c1-14(2,3)11-8-10(13(17)18)9-12(15-11)19-7-6-16(4)5/h8-9H,6-7H2,1-5H3,(H,17,18). The number of aromatic carboxylic acids is 1. The molecule has 0 aromatic carbocycles. The summed E-state index contributed by atoms with van der Waals surface area (Å²) < 4.78 is 0. The van der Waals surface area contributed by atoms with Gasteiger partial charge in [-0.15, -0.1) is 11.8 Å². The van der Waals surface area contributed by atoms with Gasteiger partial charge >= 0.3 is 5.97 Å². The number of rotatable bonds is 5. The minimum absolute atomic E-state index is 0.150. The molecule has 0 spiro atoms. The lowest BCUT2D eigenvalue weighted by molar-refractivity contribution is 0.0696. The van der Waals surface area contributed by atoms with E-state index in [0.717, 1.165) is 23.0 Å². The van der Waals surface area contributed by atoms with E-state index in [1.807, 2.05) is 34.9 Å². The zero-order valence-corrected chi connectivity index (χ0v) is 13.0. The largest absolute Gasteiger partial charge is 0.478 e. The minimum Gasteiger partial charge on any atom is -0.478 e. The van der Waals surface area contributed by atoms with Crippen LogP contribution in [0.25, 0.3) is 0 Å². The molecule has 0 aliphatic rings. The lowest BCUT2D eigenvalue weighted by Gasteiger charge is -2.19. The smallest absolute Gasteiger partial charge is 0.335 e. The maximum Gasteiger partial charge on any atom is 0.335 e. The van der Waals surface area contributed by atoms with Gasteiger partial charge in [0, 0.05) is 23.4 Å². The summed E-state index contributed by atoms with van der Waals surface area (Å²) in [7, 11) is 4.03. The second-order valence-corrected chi connectivity index (χ2v) is 6.90. The summed E-state index contributed by atoms with van der Waals surface area (Å²) in [5, 5.41) is 9.95. The zero-order chi connectivity index (χ0) is 14.6. The predicted molar refractivity (Wildman–Crippen MR) is 79.2 cm³/mol. The van der Waals surface area contributed by atoms with E-state index in [0.29, 0.717) is 5.56 Å². The molecule has 1 heterocycles. The number of thioether (sulfide) groups is 1. The number of hydrogen-bond acceptors (Lipinski definition) is 4. The van der Waals surface area contributed by atoms with Crippen LogP contribution in [-0.4, -0.2) is 47.4 Å². The van der Waals surface area contributed by atoms with Crippen molar-refractivity contribution in [1.82, 2.24) is 9.88 Å². The van der Waals surface area contributed by atoms with Gasteiger partial charge in [-0.1, -0.05) is 20.8 Å². The number of hydrogen-bond donors (Lipinski definition) is 1. The molecule has 0 saturated carbocycles. The Labute approximate surface area is 119 Å². The molecule has 0 unspecified atom stereocenters. The van der Waals surface area contributed by atoms with E-state index in [2.05, 4.69) is 9.88 Å². The van der Waals surface area contributed by atoms with E-state index >= 15 is 0 Å². The Morgan fingerprint density at radius 3 is 2.47 bits per heavy atom. The fourth-order valence-electron chi connectivity index (χ4n) is 1.42. The van der Waals surface area contributed by atoms with Gasteiger partial charge in [0.15, 0.2) is 0 Å². The van der Waals surface area contributed by atoms with E-state index < -0.39 is 5.97 Å². The molecule has 0 amide bonds. The van der Waals surface area contributed by atoms with Crippen LogP contribution < -0.4 is 0 Å².